The van der Waals surface area contributed by atoms with E-state index in [4.69, 9.17) is 14.2 Å². The fraction of sp³-hybridized carbons (Fsp3) is 0.917. The lowest BCUT2D eigenvalue weighted by molar-refractivity contribution is -0.159. The highest BCUT2D eigenvalue weighted by Crippen LogP contribution is 2.14. The number of carbonyl (C=O) groups is 3. The van der Waals surface area contributed by atoms with E-state index >= 15 is 0 Å². The molecule has 0 bridgehead atoms. The highest BCUT2D eigenvalue weighted by Gasteiger charge is 2.21. The van der Waals surface area contributed by atoms with Crippen molar-refractivity contribution < 1.29 is 28.6 Å². The van der Waals surface area contributed by atoms with Crippen LogP contribution in [-0.4, -0.2) is 42.9 Å². The summed E-state index contributed by atoms with van der Waals surface area (Å²) in [7, 11) is 0. The highest BCUT2D eigenvalue weighted by molar-refractivity contribution is 5.71. The summed E-state index contributed by atoms with van der Waals surface area (Å²) >= 11 is 0. The fourth-order valence-electron chi connectivity index (χ4n) is 5.02. The molecule has 0 saturated carbocycles. The Morgan fingerprint density at radius 1 is 0.558 bits per heavy atom. The lowest BCUT2D eigenvalue weighted by Crippen LogP contribution is -2.40. The minimum Gasteiger partial charge on any atom is -0.462 e. The summed E-state index contributed by atoms with van der Waals surface area (Å²) < 4.78 is 16.3. The number of nitrogens with one attached hydrogen (secondary N) is 1. The third-order valence-electron chi connectivity index (χ3n) is 7.57. The van der Waals surface area contributed by atoms with Gasteiger partial charge in [0, 0.05) is 12.8 Å². The molecule has 0 fully saturated rings. The fourth-order valence-corrected chi connectivity index (χ4v) is 5.02. The molecule has 0 heterocycles. The topological polar surface area (TPSA) is 90.9 Å². The molecule has 0 rings (SSSR count). The van der Waals surface area contributed by atoms with Gasteiger partial charge in [0.25, 0.3) is 0 Å². The van der Waals surface area contributed by atoms with Crippen molar-refractivity contribution in [2.45, 2.75) is 200 Å². The van der Waals surface area contributed by atoms with Crippen LogP contribution in [0.15, 0.2) is 0 Å². The summed E-state index contributed by atoms with van der Waals surface area (Å²) in [5, 5.41) is 2.64. The van der Waals surface area contributed by atoms with Crippen LogP contribution in [0.5, 0.6) is 0 Å². The molecule has 0 aliphatic carbocycles. The predicted octanol–water partition coefficient (Wildman–Crippen LogP) is 10.4. The maximum absolute atomic E-state index is 12.5. The van der Waals surface area contributed by atoms with Crippen LogP contribution in [0.2, 0.25) is 0 Å². The van der Waals surface area contributed by atoms with E-state index in [9.17, 15) is 14.4 Å². The van der Waals surface area contributed by atoms with Crippen LogP contribution in [0.25, 0.3) is 0 Å². The maximum Gasteiger partial charge on any atom is 0.407 e. The van der Waals surface area contributed by atoms with Gasteiger partial charge in [0.15, 0.2) is 6.10 Å². The molecule has 0 aliphatic heterocycles. The summed E-state index contributed by atoms with van der Waals surface area (Å²) in [6, 6.07) is 0. The van der Waals surface area contributed by atoms with Gasteiger partial charge in [-0.15, -0.1) is 0 Å². The molecule has 7 nitrogen and oxygen atoms in total. The normalized spacial score (nSPS) is 12.1. The minimum atomic E-state index is -0.742. The van der Waals surface area contributed by atoms with Crippen LogP contribution in [0.3, 0.4) is 0 Å². The molecule has 0 aliphatic rings. The largest absolute Gasteiger partial charge is 0.462 e. The molecule has 1 atom stereocenters. The standard InChI is InChI=1S/C36H69NO6/c1-6-8-10-12-14-16-18-20-22-24-26-28-33(38)41-31-32(30-37-35(40)43-36(3,4)5)42-34(39)29-27-25-23-21-19-17-15-13-11-9-7-2/h32H,6-31H2,1-5H3,(H,37,40)/t32-/m1/s1. The van der Waals surface area contributed by atoms with Gasteiger partial charge < -0.3 is 19.5 Å². The van der Waals surface area contributed by atoms with Crippen molar-refractivity contribution >= 4 is 18.0 Å². The van der Waals surface area contributed by atoms with Crippen molar-refractivity contribution in [2.75, 3.05) is 13.2 Å². The van der Waals surface area contributed by atoms with E-state index in [1.165, 1.54) is 103 Å². The van der Waals surface area contributed by atoms with Crippen molar-refractivity contribution in [1.29, 1.82) is 0 Å². The van der Waals surface area contributed by atoms with E-state index in [1.54, 1.807) is 20.8 Å². The Bertz CT molecular complexity index is 675. The molecule has 0 aromatic carbocycles. The van der Waals surface area contributed by atoms with Crippen LogP contribution in [0, 0.1) is 0 Å². The summed E-state index contributed by atoms with van der Waals surface area (Å²) in [6.07, 6.45) is 26.1. The van der Waals surface area contributed by atoms with Crippen LogP contribution in [0.4, 0.5) is 4.79 Å². The third kappa shape index (κ3) is 31.4. The van der Waals surface area contributed by atoms with Gasteiger partial charge in [-0.25, -0.2) is 4.79 Å². The number of rotatable bonds is 29. The number of esters is 2. The molecule has 0 saturated heterocycles. The molecule has 0 aromatic heterocycles. The van der Waals surface area contributed by atoms with E-state index in [-0.39, 0.29) is 25.1 Å². The van der Waals surface area contributed by atoms with Gasteiger partial charge in [-0.05, 0) is 33.6 Å². The van der Waals surface area contributed by atoms with E-state index in [0.29, 0.717) is 12.8 Å². The number of ether oxygens (including phenoxy) is 3. The second kappa shape index (κ2) is 29.0. The molecule has 0 radical (unpaired) electrons. The molecule has 7 heteroatoms. The first-order valence-corrected chi connectivity index (χ1v) is 18.0. The van der Waals surface area contributed by atoms with Crippen molar-refractivity contribution in [3.8, 4) is 0 Å². The first-order chi connectivity index (χ1) is 20.7. The van der Waals surface area contributed by atoms with Crippen molar-refractivity contribution in [3.05, 3.63) is 0 Å². The van der Waals surface area contributed by atoms with Crippen molar-refractivity contribution in [3.63, 3.8) is 0 Å². The lowest BCUT2D eigenvalue weighted by Gasteiger charge is -2.22. The Balaban J connectivity index is 4.23. The second-order valence-corrected chi connectivity index (χ2v) is 13.2. The second-order valence-electron chi connectivity index (χ2n) is 13.2. The summed E-state index contributed by atoms with van der Waals surface area (Å²) in [4.78, 5) is 37.0. The Hall–Kier alpha value is -1.79. The molecule has 0 unspecified atom stereocenters. The van der Waals surface area contributed by atoms with Crippen LogP contribution in [-0.2, 0) is 23.8 Å². The average Bonchev–Trinajstić information content (AvgIpc) is 2.95. The Labute approximate surface area is 265 Å². The molecule has 1 amide bonds. The van der Waals surface area contributed by atoms with Crippen molar-refractivity contribution in [2.24, 2.45) is 0 Å². The highest BCUT2D eigenvalue weighted by atomic mass is 16.6. The molecule has 254 valence electrons. The average molecular weight is 612 g/mol. The molecular weight excluding hydrogens is 542 g/mol. The van der Waals surface area contributed by atoms with Gasteiger partial charge in [0.1, 0.15) is 12.2 Å². The molecule has 43 heavy (non-hydrogen) atoms. The molecule has 0 aromatic rings. The van der Waals surface area contributed by atoms with Gasteiger partial charge in [-0.1, -0.05) is 142 Å². The number of carbonyl (C=O) groups excluding carboxylic acids is 3. The van der Waals surface area contributed by atoms with Crippen LogP contribution < -0.4 is 5.32 Å². The Morgan fingerprint density at radius 3 is 1.33 bits per heavy atom. The number of hydrogen-bond acceptors (Lipinski definition) is 6. The summed E-state index contributed by atoms with van der Waals surface area (Å²) in [5.74, 6) is -0.618. The Kier molecular flexibility index (Phi) is 27.7. The lowest BCUT2D eigenvalue weighted by atomic mass is 10.1. The van der Waals surface area contributed by atoms with Gasteiger partial charge in [0.05, 0.1) is 6.54 Å². The molecule has 0 spiro atoms. The smallest absolute Gasteiger partial charge is 0.407 e. The van der Waals surface area contributed by atoms with Crippen LogP contribution in [0.1, 0.15) is 189 Å². The van der Waals surface area contributed by atoms with E-state index in [2.05, 4.69) is 19.2 Å². The summed E-state index contributed by atoms with van der Waals surface area (Å²) in [5.41, 5.74) is -0.633. The van der Waals surface area contributed by atoms with Gasteiger partial charge in [-0.2, -0.15) is 0 Å². The predicted molar refractivity (Wildman–Crippen MR) is 177 cm³/mol. The SMILES string of the molecule is CCCCCCCCCCCCCC(=O)OC[C@@H](CNC(=O)OC(C)(C)C)OC(=O)CCCCCCCCCCCCC. The van der Waals surface area contributed by atoms with Crippen LogP contribution >= 0.6 is 0 Å². The minimum absolute atomic E-state index is 0.0324. The molecular formula is C36H69NO6. The first kappa shape index (κ1) is 41.2. The molecule has 1 N–H and O–H groups in total. The zero-order valence-electron chi connectivity index (χ0n) is 28.9. The number of amides is 1. The zero-order chi connectivity index (χ0) is 32.0. The number of unbranched alkanes of at least 4 members (excludes halogenated alkanes) is 20. The Morgan fingerprint density at radius 2 is 0.930 bits per heavy atom. The zero-order valence-corrected chi connectivity index (χ0v) is 28.9. The first-order valence-electron chi connectivity index (χ1n) is 18.0. The van der Waals surface area contributed by atoms with E-state index in [0.717, 1.165) is 38.5 Å². The van der Waals surface area contributed by atoms with Gasteiger partial charge in [-0.3, -0.25) is 9.59 Å². The van der Waals surface area contributed by atoms with Gasteiger partial charge >= 0.3 is 18.0 Å². The monoisotopic (exact) mass is 612 g/mol. The number of hydrogen-bond donors (Lipinski definition) is 1. The van der Waals surface area contributed by atoms with E-state index < -0.39 is 17.8 Å². The summed E-state index contributed by atoms with van der Waals surface area (Å²) in [6.45, 7) is 9.80. The van der Waals surface area contributed by atoms with Crippen molar-refractivity contribution in [1.82, 2.24) is 5.32 Å². The van der Waals surface area contributed by atoms with Gasteiger partial charge in [0.2, 0.25) is 0 Å². The third-order valence-corrected chi connectivity index (χ3v) is 7.57. The number of alkyl carbamates (subject to hydrolysis) is 1. The van der Waals surface area contributed by atoms with E-state index in [1.807, 2.05) is 0 Å². The quantitative estimate of drug-likeness (QED) is 0.0514. The maximum atomic E-state index is 12.5.